The van der Waals surface area contributed by atoms with Crippen LogP contribution in [-0.2, 0) is 40.9 Å². The molecule has 0 N–H and O–H groups in total. The molecular formula is C25H29N5O4. The third-order valence-corrected chi connectivity index (χ3v) is 5.78. The number of aromatic nitrogens is 3. The van der Waals surface area contributed by atoms with E-state index in [4.69, 9.17) is 9.47 Å². The first-order valence-corrected chi connectivity index (χ1v) is 11.2. The molecule has 1 saturated heterocycles. The summed E-state index contributed by atoms with van der Waals surface area (Å²) in [4.78, 5) is 33.8. The van der Waals surface area contributed by atoms with Crippen LogP contribution in [0.5, 0.6) is 5.75 Å². The van der Waals surface area contributed by atoms with Gasteiger partial charge in [-0.1, -0.05) is 18.2 Å². The number of amides is 2. The molecule has 9 heteroatoms. The molecule has 2 aromatic heterocycles. The van der Waals surface area contributed by atoms with Gasteiger partial charge in [-0.15, -0.1) is 0 Å². The van der Waals surface area contributed by atoms with Crippen LogP contribution in [0.15, 0.2) is 61.2 Å². The number of para-hydroxylation sites is 1. The molecule has 178 valence electrons. The van der Waals surface area contributed by atoms with Gasteiger partial charge in [0.25, 0.3) is 0 Å². The molecule has 4 rings (SSSR count). The monoisotopic (exact) mass is 463 g/mol. The molecule has 0 radical (unpaired) electrons. The van der Waals surface area contributed by atoms with Crippen molar-refractivity contribution in [3.8, 4) is 5.75 Å². The van der Waals surface area contributed by atoms with E-state index in [2.05, 4.69) is 10.1 Å². The Labute approximate surface area is 198 Å². The smallest absolute Gasteiger partial charge is 0.242 e. The van der Waals surface area contributed by atoms with Crippen LogP contribution in [0.4, 0.5) is 0 Å². The summed E-state index contributed by atoms with van der Waals surface area (Å²) >= 11 is 0. The Balaban J connectivity index is 1.50. The molecule has 2 amide bonds. The summed E-state index contributed by atoms with van der Waals surface area (Å²) < 4.78 is 13.3. The lowest BCUT2D eigenvalue weighted by Crippen LogP contribution is -2.40. The number of hydrogen-bond donors (Lipinski definition) is 0. The van der Waals surface area contributed by atoms with E-state index in [1.807, 2.05) is 49.6 Å². The maximum Gasteiger partial charge on any atom is 0.242 e. The molecule has 3 heterocycles. The van der Waals surface area contributed by atoms with Crippen LogP contribution >= 0.6 is 0 Å². The standard InChI is InChI=1S/C25H29N5O4/c1-28-13-20(12-27-28)14-29-15-22(34-18-19-7-9-26-10-8-19)16-30(17-25(29)32)24(31)11-21-5-3-4-6-23(21)33-2/h3-10,12-13,22H,11,14-18H2,1-2H3/t22-/m1/s1. The van der Waals surface area contributed by atoms with E-state index < -0.39 is 0 Å². The van der Waals surface area contributed by atoms with Gasteiger partial charge in [-0.2, -0.15) is 5.10 Å². The van der Waals surface area contributed by atoms with Gasteiger partial charge in [-0.05, 0) is 23.8 Å². The first kappa shape index (κ1) is 23.4. The van der Waals surface area contributed by atoms with Gasteiger partial charge in [0.1, 0.15) is 5.75 Å². The average Bonchev–Trinajstić information content (AvgIpc) is 3.19. The van der Waals surface area contributed by atoms with Crippen LogP contribution < -0.4 is 4.74 Å². The van der Waals surface area contributed by atoms with E-state index in [-0.39, 0.29) is 30.9 Å². The second kappa shape index (κ2) is 10.9. The molecule has 1 atom stereocenters. The normalized spacial score (nSPS) is 16.4. The number of ether oxygens (including phenoxy) is 2. The summed E-state index contributed by atoms with van der Waals surface area (Å²) in [7, 11) is 3.42. The van der Waals surface area contributed by atoms with Gasteiger partial charge in [0, 0.05) is 56.4 Å². The highest BCUT2D eigenvalue weighted by Crippen LogP contribution is 2.20. The van der Waals surface area contributed by atoms with Crippen LogP contribution in [0.2, 0.25) is 0 Å². The third kappa shape index (κ3) is 5.99. The fourth-order valence-corrected chi connectivity index (χ4v) is 4.02. The first-order valence-electron chi connectivity index (χ1n) is 11.2. The maximum absolute atomic E-state index is 13.2. The van der Waals surface area contributed by atoms with Crippen LogP contribution in [0.1, 0.15) is 16.7 Å². The predicted molar refractivity (Wildman–Crippen MR) is 125 cm³/mol. The Kier molecular flexibility index (Phi) is 7.54. The zero-order valence-electron chi connectivity index (χ0n) is 19.5. The summed E-state index contributed by atoms with van der Waals surface area (Å²) in [5.41, 5.74) is 2.70. The lowest BCUT2D eigenvalue weighted by Gasteiger charge is -2.25. The van der Waals surface area contributed by atoms with Crippen LogP contribution in [0.3, 0.4) is 0 Å². The SMILES string of the molecule is COc1ccccc1CC(=O)N1CC(=O)N(Cc2cnn(C)c2)C[C@@H](OCc2ccncc2)C1. The third-order valence-electron chi connectivity index (χ3n) is 5.78. The Morgan fingerprint density at radius 1 is 1.12 bits per heavy atom. The van der Waals surface area contributed by atoms with E-state index in [0.29, 0.717) is 32.0 Å². The number of rotatable bonds is 8. The summed E-state index contributed by atoms with van der Waals surface area (Å²) in [5.74, 6) is 0.395. The average molecular weight is 464 g/mol. The highest BCUT2D eigenvalue weighted by Gasteiger charge is 2.31. The minimum Gasteiger partial charge on any atom is -0.496 e. The van der Waals surface area contributed by atoms with E-state index in [1.54, 1.807) is 40.2 Å². The largest absolute Gasteiger partial charge is 0.496 e. The Hall–Kier alpha value is -3.72. The molecule has 0 saturated carbocycles. The van der Waals surface area contributed by atoms with E-state index in [9.17, 15) is 9.59 Å². The van der Waals surface area contributed by atoms with Crippen molar-refractivity contribution < 1.29 is 19.1 Å². The van der Waals surface area contributed by atoms with E-state index in [0.717, 1.165) is 16.7 Å². The molecule has 0 bridgehead atoms. The van der Waals surface area contributed by atoms with E-state index in [1.165, 1.54) is 0 Å². The van der Waals surface area contributed by atoms with Crippen molar-refractivity contribution in [3.05, 3.63) is 77.9 Å². The van der Waals surface area contributed by atoms with Gasteiger partial charge in [0.05, 0.1) is 39.0 Å². The van der Waals surface area contributed by atoms with Crippen molar-refractivity contribution in [3.63, 3.8) is 0 Å². The molecule has 1 aliphatic rings. The van der Waals surface area contributed by atoms with Crippen molar-refractivity contribution in [2.24, 2.45) is 7.05 Å². The molecule has 1 aliphatic heterocycles. The first-order chi connectivity index (χ1) is 16.5. The fraction of sp³-hybridized carbons (Fsp3) is 0.360. The molecule has 0 unspecified atom stereocenters. The lowest BCUT2D eigenvalue weighted by molar-refractivity contribution is -0.138. The molecule has 1 fully saturated rings. The van der Waals surface area contributed by atoms with Gasteiger partial charge in [0.2, 0.25) is 11.8 Å². The van der Waals surface area contributed by atoms with Crippen LogP contribution in [-0.4, -0.2) is 69.2 Å². The quantitative estimate of drug-likeness (QED) is 0.506. The zero-order chi connectivity index (χ0) is 23.9. The lowest BCUT2D eigenvalue weighted by atomic mass is 10.1. The fourth-order valence-electron chi connectivity index (χ4n) is 4.02. The van der Waals surface area contributed by atoms with Gasteiger partial charge in [-0.25, -0.2) is 0 Å². The number of aryl methyl sites for hydroxylation is 1. The Morgan fingerprint density at radius 3 is 2.65 bits per heavy atom. The number of carbonyl (C=O) groups excluding carboxylic acids is 2. The highest BCUT2D eigenvalue weighted by molar-refractivity contribution is 5.86. The van der Waals surface area contributed by atoms with E-state index >= 15 is 0 Å². The number of nitrogens with zero attached hydrogens (tertiary/aromatic N) is 5. The second-order valence-electron chi connectivity index (χ2n) is 8.35. The zero-order valence-corrected chi connectivity index (χ0v) is 19.5. The van der Waals surface area contributed by atoms with Crippen molar-refractivity contribution >= 4 is 11.8 Å². The summed E-state index contributed by atoms with van der Waals surface area (Å²) in [6.45, 7) is 1.50. The van der Waals surface area contributed by atoms with Crippen molar-refractivity contribution in [2.75, 3.05) is 26.7 Å². The van der Waals surface area contributed by atoms with Crippen LogP contribution in [0, 0.1) is 0 Å². The second-order valence-corrected chi connectivity index (χ2v) is 8.35. The minimum atomic E-state index is -0.335. The molecule has 0 aliphatic carbocycles. The predicted octanol–water partition coefficient (Wildman–Crippen LogP) is 1.82. The van der Waals surface area contributed by atoms with Gasteiger partial charge in [0.15, 0.2) is 0 Å². The number of benzene rings is 1. The van der Waals surface area contributed by atoms with Crippen molar-refractivity contribution in [2.45, 2.75) is 25.7 Å². The highest BCUT2D eigenvalue weighted by atomic mass is 16.5. The number of carbonyl (C=O) groups is 2. The summed E-state index contributed by atoms with van der Waals surface area (Å²) in [6, 6.07) is 11.2. The van der Waals surface area contributed by atoms with Crippen molar-refractivity contribution in [1.82, 2.24) is 24.6 Å². The molecule has 0 spiro atoms. The Bertz CT molecular complexity index is 1120. The molecule has 1 aromatic carbocycles. The van der Waals surface area contributed by atoms with Gasteiger partial charge < -0.3 is 19.3 Å². The number of pyridine rings is 1. The number of hydrogen-bond acceptors (Lipinski definition) is 6. The number of methoxy groups -OCH3 is 1. The van der Waals surface area contributed by atoms with Gasteiger partial charge in [-0.3, -0.25) is 19.3 Å². The molecular weight excluding hydrogens is 434 g/mol. The Morgan fingerprint density at radius 2 is 1.91 bits per heavy atom. The minimum absolute atomic E-state index is 0.00333. The topological polar surface area (TPSA) is 89.8 Å². The molecule has 34 heavy (non-hydrogen) atoms. The van der Waals surface area contributed by atoms with Crippen molar-refractivity contribution in [1.29, 1.82) is 0 Å². The molecule has 9 nitrogen and oxygen atoms in total. The van der Waals surface area contributed by atoms with Crippen LogP contribution in [0.25, 0.3) is 0 Å². The summed E-state index contributed by atoms with van der Waals surface area (Å²) in [5, 5.41) is 4.20. The molecule has 3 aromatic rings. The maximum atomic E-state index is 13.2. The summed E-state index contributed by atoms with van der Waals surface area (Å²) in [6.07, 6.45) is 6.88. The van der Waals surface area contributed by atoms with Gasteiger partial charge >= 0.3 is 0 Å².